The highest BCUT2D eigenvalue weighted by Crippen LogP contribution is 2.17. The zero-order valence-corrected chi connectivity index (χ0v) is 13.0. The van der Waals surface area contributed by atoms with E-state index in [0.29, 0.717) is 12.0 Å². The summed E-state index contributed by atoms with van der Waals surface area (Å²) in [6.45, 7) is 7.94. The zero-order valence-electron chi connectivity index (χ0n) is 12.2. The molecule has 2 heterocycles. The molecule has 19 heavy (non-hydrogen) atoms. The molecule has 0 fully saturated rings. The van der Waals surface area contributed by atoms with Crippen molar-refractivity contribution in [2.75, 3.05) is 6.54 Å². The summed E-state index contributed by atoms with van der Waals surface area (Å²) in [4.78, 5) is 5.81. The van der Waals surface area contributed by atoms with E-state index in [1.807, 2.05) is 0 Å². The Morgan fingerprint density at radius 1 is 1.37 bits per heavy atom. The molecule has 2 unspecified atom stereocenters. The lowest BCUT2D eigenvalue weighted by Gasteiger charge is -2.24. The van der Waals surface area contributed by atoms with E-state index >= 15 is 0 Å². The topological polar surface area (TPSA) is 29.3 Å². The van der Waals surface area contributed by atoms with Crippen LogP contribution in [0.2, 0.25) is 0 Å². The molecule has 2 atom stereocenters. The van der Waals surface area contributed by atoms with E-state index in [9.17, 15) is 0 Å². The molecule has 3 nitrogen and oxygen atoms in total. The number of hydrogen-bond acceptors (Lipinski definition) is 3. The minimum atomic E-state index is 0.546. The van der Waals surface area contributed by atoms with Crippen LogP contribution in [0.3, 0.4) is 0 Å². The SMILES string of the molecule is CCCNC(Cc1cn2ccsc2n1)C(C)CCC. The summed E-state index contributed by atoms with van der Waals surface area (Å²) in [7, 11) is 0. The monoisotopic (exact) mass is 279 g/mol. The summed E-state index contributed by atoms with van der Waals surface area (Å²) in [6, 6.07) is 0.546. The second-order valence-corrected chi connectivity index (χ2v) is 6.23. The average Bonchev–Trinajstić information content (AvgIpc) is 2.95. The lowest BCUT2D eigenvalue weighted by molar-refractivity contribution is 0.351. The van der Waals surface area contributed by atoms with Gasteiger partial charge in [-0.3, -0.25) is 4.40 Å². The lowest BCUT2D eigenvalue weighted by Crippen LogP contribution is -2.37. The third kappa shape index (κ3) is 3.80. The number of nitrogens with zero attached hydrogens (tertiary/aromatic N) is 2. The zero-order chi connectivity index (χ0) is 13.7. The van der Waals surface area contributed by atoms with E-state index < -0.39 is 0 Å². The standard InChI is InChI=1S/C15H25N3S/c1-4-6-12(3)14(16-7-5-2)10-13-11-18-8-9-19-15(18)17-13/h8-9,11-12,14,16H,4-7,10H2,1-3H3. The van der Waals surface area contributed by atoms with Crippen molar-refractivity contribution in [2.45, 2.75) is 52.5 Å². The van der Waals surface area contributed by atoms with Crippen molar-refractivity contribution in [3.05, 3.63) is 23.5 Å². The number of hydrogen-bond donors (Lipinski definition) is 1. The largest absolute Gasteiger partial charge is 0.313 e. The molecular formula is C15H25N3S. The molecule has 0 amide bonds. The highest BCUT2D eigenvalue weighted by Gasteiger charge is 2.18. The van der Waals surface area contributed by atoms with E-state index in [1.54, 1.807) is 11.3 Å². The van der Waals surface area contributed by atoms with Crippen molar-refractivity contribution in [3.63, 3.8) is 0 Å². The number of imidazole rings is 1. The molecule has 0 spiro atoms. The normalized spacial score (nSPS) is 14.9. The molecule has 4 heteroatoms. The Balaban J connectivity index is 2.03. The molecule has 0 aliphatic heterocycles. The van der Waals surface area contributed by atoms with Crippen molar-refractivity contribution >= 4 is 16.3 Å². The van der Waals surface area contributed by atoms with E-state index in [-0.39, 0.29) is 0 Å². The molecule has 2 rings (SSSR count). The fourth-order valence-electron chi connectivity index (χ4n) is 2.56. The van der Waals surface area contributed by atoms with Crippen LogP contribution >= 0.6 is 11.3 Å². The van der Waals surface area contributed by atoms with Crippen molar-refractivity contribution in [2.24, 2.45) is 5.92 Å². The summed E-state index contributed by atoms with van der Waals surface area (Å²) in [5.41, 5.74) is 1.21. The summed E-state index contributed by atoms with van der Waals surface area (Å²) in [5, 5.41) is 5.78. The van der Waals surface area contributed by atoms with Crippen molar-refractivity contribution < 1.29 is 0 Å². The second kappa shape index (κ2) is 7.06. The van der Waals surface area contributed by atoms with Gasteiger partial charge in [0.05, 0.1) is 5.69 Å². The maximum absolute atomic E-state index is 4.70. The van der Waals surface area contributed by atoms with Gasteiger partial charge in [-0.2, -0.15) is 0 Å². The Morgan fingerprint density at radius 3 is 2.89 bits per heavy atom. The fourth-order valence-corrected chi connectivity index (χ4v) is 3.28. The molecule has 0 saturated heterocycles. The molecule has 1 N–H and O–H groups in total. The Morgan fingerprint density at radius 2 is 2.21 bits per heavy atom. The number of nitrogens with one attached hydrogen (secondary N) is 1. The molecule has 2 aromatic rings. The third-order valence-electron chi connectivity index (χ3n) is 3.66. The van der Waals surface area contributed by atoms with Gasteiger partial charge in [0.1, 0.15) is 0 Å². The number of fused-ring (bicyclic) bond motifs is 1. The van der Waals surface area contributed by atoms with E-state index in [0.717, 1.165) is 17.9 Å². The smallest absolute Gasteiger partial charge is 0.193 e. The van der Waals surface area contributed by atoms with Gasteiger partial charge in [0.2, 0.25) is 0 Å². The van der Waals surface area contributed by atoms with E-state index in [4.69, 9.17) is 4.98 Å². The lowest BCUT2D eigenvalue weighted by atomic mass is 9.93. The Labute approximate surface area is 120 Å². The third-order valence-corrected chi connectivity index (χ3v) is 4.43. The predicted molar refractivity (Wildman–Crippen MR) is 82.9 cm³/mol. The molecule has 0 radical (unpaired) electrons. The van der Waals surface area contributed by atoms with Gasteiger partial charge in [-0.15, -0.1) is 11.3 Å². The first-order valence-electron chi connectivity index (χ1n) is 7.39. The van der Waals surface area contributed by atoms with Gasteiger partial charge in [-0.05, 0) is 25.3 Å². The van der Waals surface area contributed by atoms with Crippen molar-refractivity contribution in [3.8, 4) is 0 Å². The molecule has 0 aliphatic carbocycles. The van der Waals surface area contributed by atoms with Crippen LogP contribution in [-0.2, 0) is 6.42 Å². The van der Waals surface area contributed by atoms with Gasteiger partial charge in [-0.1, -0.05) is 27.2 Å². The van der Waals surface area contributed by atoms with Crippen LogP contribution in [-0.4, -0.2) is 22.0 Å². The van der Waals surface area contributed by atoms with Gasteiger partial charge in [0.15, 0.2) is 4.96 Å². The average molecular weight is 279 g/mol. The molecule has 0 aromatic carbocycles. The minimum Gasteiger partial charge on any atom is -0.313 e. The van der Waals surface area contributed by atoms with Gasteiger partial charge in [-0.25, -0.2) is 4.98 Å². The van der Waals surface area contributed by atoms with Gasteiger partial charge >= 0.3 is 0 Å². The quantitative estimate of drug-likeness (QED) is 0.797. The van der Waals surface area contributed by atoms with Crippen LogP contribution in [0.25, 0.3) is 4.96 Å². The van der Waals surface area contributed by atoms with Crippen LogP contribution in [0.1, 0.15) is 45.7 Å². The fraction of sp³-hybridized carbons (Fsp3) is 0.667. The van der Waals surface area contributed by atoms with Crippen LogP contribution in [0.15, 0.2) is 17.8 Å². The summed E-state index contributed by atoms with van der Waals surface area (Å²) >= 11 is 1.70. The van der Waals surface area contributed by atoms with Crippen LogP contribution in [0.4, 0.5) is 0 Å². The molecule has 0 bridgehead atoms. The second-order valence-electron chi connectivity index (χ2n) is 5.36. The first-order chi connectivity index (χ1) is 9.24. The Bertz CT molecular complexity index is 460. The highest BCUT2D eigenvalue weighted by molar-refractivity contribution is 7.15. The van der Waals surface area contributed by atoms with Gasteiger partial charge < -0.3 is 5.32 Å². The maximum Gasteiger partial charge on any atom is 0.193 e. The minimum absolute atomic E-state index is 0.546. The molecule has 2 aromatic heterocycles. The van der Waals surface area contributed by atoms with Crippen molar-refractivity contribution in [1.82, 2.24) is 14.7 Å². The summed E-state index contributed by atoms with van der Waals surface area (Å²) in [6.07, 6.45) is 9.02. The first-order valence-corrected chi connectivity index (χ1v) is 8.27. The molecule has 0 saturated carbocycles. The van der Waals surface area contributed by atoms with Crippen LogP contribution in [0.5, 0.6) is 0 Å². The number of thiazole rings is 1. The number of rotatable bonds is 8. The van der Waals surface area contributed by atoms with Crippen molar-refractivity contribution in [1.29, 1.82) is 0 Å². The van der Waals surface area contributed by atoms with E-state index in [2.05, 4.69) is 48.3 Å². The van der Waals surface area contributed by atoms with Gasteiger partial charge in [0, 0.05) is 30.2 Å². The van der Waals surface area contributed by atoms with Crippen LogP contribution < -0.4 is 5.32 Å². The summed E-state index contributed by atoms with van der Waals surface area (Å²) in [5.74, 6) is 0.705. The highest BCUT2D eigenvalue weighted by atomic mass is 32.1. The van der Waals surface area contributed by atoms with E-state index in [1.165, 1.54) is 25.0 Å². The number of aromatic nitrogens is 2. The van der Waals surface area contributed by atoms with Crippen LogP contribution in [0, 0.1) is 5.92 Å². The summed E-state index contributed by atoms with van der Waals surface area (Å²) < 4.78 is 2.13. The molecular weight excluding hydrogens is 254 g/mol. The molecule has 0 aliphatic rings. The Kier molecular flexibility index (Phi) is 5.40. The predicted octanol–water partition coefficient (Wildman–Crippen LogP) is 3.74. The molecule has 106 valence electrons. The Hall–Kier alpha value is -0.870. The van der Waals surface area contributed by atoms with Gasteiger partial charge in [0.25, 0.3) is 0 Å². The maximum atomic E-state index is 4.70. The first kappa shape index (κ1) is 14.5.